The van der Waals surface area contributed by atoms with Crippen LogP contribution in [0.4, 0.5) is 0 Å². The van der Waals surface area contributed by atoms with Crippen molar-refractivity contribution in [3.63, 3.8) is 0 Å². The summed E-state index contributed by atoms with van der Waals surface area (Å²) in [6.45, 7) is 7.72. The molecule has 0 aromatic heterocycles. The number of ether oxygens (including phenoxy) is 1. The zero-order chi connectivity index (χ0) is 10.9. The monoisotopic (exact) mass is 204 g/mol. The van der Waals surface area contributed by atoms with Gasteiger partial charge < -0.3 is 4.74 Å². The second-order valence-electron chi connectivity index (χ2n) is 5.44. The highest BCUT2D eigenvalue weighted by atomic mass is 16.6. The lowest BCUT2D eigenvalue weighted by Gasteiger charge is -2.19. The lowest BCUT2D eigenvalue weighted by molar-refractivity contribution is 0.397. The summed E-state index contributed by atoms with van der Waals surface area (Å²) in [7, 11) is 0. The molecule has 1 heterocycles. The summed E-state index contributed by atoms with van der Waals surface area (Å²) in [5, 5.41) is 0. The Bertz CT molecular complexity index is 314. The molecule has 0 saturated carbocycles. The molecular weight excluding hydrogens is 184 g/mol. The Labute approximate surface area is 92.5 Å². The fourth-order valence-electron chi connectivity index (χ4n) is 1.73. The second kappa shape index (κ2) is 3.97. The zero-order valence-corrected chi connectivity index (χ0v) is 9.92. The van der Waals surface area contributed by atoms with Gasteiger partial charge >= 0.3 is 0 Å². The van der Waals surface area contributed by atoms with Gasteiger partial charge in [-0.2, -0.15) is 0 Å². The third kappa shape index (κ3) is 3.07. The van der Waals surface area contributed by atoms with Crippen LogP contribution < -0.4 is 0 Å². The number of hydrogen-bond acceptors (Lipinski definition) is 1. The number of hydrogen-bond donors (Lipinski definition) is 0. The van der Waals surface area contributed by atoms with Crippen LogP contribution in [0.1, 0.15) is 38.3 Å². The summed E-state index contributed by atoms with van der Waals surface area (Å²) in [5.74, 6) is 0. The Morgan fingerprint density at radius 3 is 2.27 bits per heavy atom. The van der Waals surface area contributed by atoms with Crippen LogP contribution in [0.25, 0.3) is 0 Å². The van der Waals surface area contributed by atoms with Crippen LogP contribution in [-0.2, 0) is 16.6 Å². The SMILES string of the molecule is CC(C)(C)c1ccc(CC[C@H]2CO2)cc1. The van der Waals surface area contributed by atoms with Crippen LogP contribution in [0, 0.1) is 0 Å². The van der Waals surface area contributed by atoms with Crippen LogP contribution in [0.15, 0.2) is 24.3 Å². The molecule has 0 unspecified atom stereocenters. The molecule has 1 aromatic rings. The van der Waals surface area contributed by atoms with Gasteiger partial charge in [-0.15, -0.1) is 0 Å². The van der Waals surface area contributed by atoms with Crippen molar-refractivity contribution in [2.75, 3.05) is 6.61 Å². The first-order valence-corrected chi connectivity index (χ1v) is 5.77. The van der Waals surface area contributed by atoms with Gasteiger partial charge in [0.25, 0.3) is 0 Å². The first-order chi connectivity index (χ1) is 7.05. The maximum atomic E-state index is 5.21. The Morgan fingerprint density at radius 2 is 1.80 bits per heavy atom. The summed E-state index contributed by atoms with van der Waals surface area (Å²) in [6, 6.07) is 9.01. The largest absolute Gasteiger partial charge is 0.373 e. The molecule has 82 valence electrons. The first-order valence-electron chi connectivity index (χ1n) is 5.77. The molecule has 1 atom stereocenters. The lowest BCUT2D eigenvalue weighted by atomic mass is 9.86. The van der Waals surface area contributed by atoms with Crippen molar-refractivity contribution in [2.45, 2.75) is 45.1 Å². The Kier molecular flexibility index (Phi) is 2.83. The molecule has 0 spiro atoms. The molecule has 1 nitrogen and oxygen atoms in total. The number of aryl methyl sites for hydroxylation is 1. The van der Waals surface area contributed by atoms with E-state index in [0.717, 1.165) is 13.0 Å². The third-order valence-corrected chi connectivity index (χ3v) is 2.98. The van der Waals surface area contributed by atoms with Crippen LogP contribution in [-0.4, -0.2) is 12.7 Å². The van der Waals surface area contributed by atoms with Crippen molar-refractivity contribution in [1.82, 2.24) is 0 Å². The van der Waals surface area contributed by atoms with E-state index in [4.69, 9.17) is 4.74 Å². The summed E-state index contributed by atoms with van der Waals surface area (Å²) in [4.78, 5) is 0. The minimum Gasteiger partial charge on any atom is -0.373 e. The Balaban J connectivity index is 1.96. The minimum atomic E-state index is 0.262. The fourth-order valence-corrected chi connectivity index (χ4v) is 1.73. The number of epoxide rings is 1. The predicted octanol–water partition coefficient (Wildman–Crippen LogP) is 3.32. The van der Waals surface area contributed by atoms with Crippen LogP contribution in [0.2, 0.25) is 0 Å². The summed E-state index contributed by atoms with van der Waals surface area (Å²) >= 11 is 0. The van der Waals surface area contributed by atoms with E-state index in [1.165, 1.54) is 17.5 Å². The van der Waals surface area contributed by atoms with Crippen molar-refractivity contribution in [3.05, 3.63) is 35.4 Å². The Morgan fingerprint density at radius 1 is 1.20 bits per heavy atom. The topological polar surface area (TPSA) is 12.5 Å². The lowest BCUT2D eigenvalue weighted by Crippen LogP contribution is -2.10. The van der Waals surface area contributed by atoms with Crippen LogP contribution in [0.5, 0.6) is 0 Å². The average Bonchev–Trinajstić information content (AvgIpc) is 2.97. The van der Waals surface area contributed by atoms with E-state index in [2.05, 4.69) is 45.0 Å². The second-order valence-corrected chi connectivity index (χ2v) is 5.44. The van der Waals surface area contributed by atoms with E-state index in [1.54, 1.807) is 0 Å². The third-order valence-electron chi connectivity index (χ3n) is 2.98. The minimum absolute atomic E-state index is 0.262. The maximum Gasteiger partial charge on any atom is 0.0813 e. The molecule has 1 aliphatic rings. The van der Waals surface area contributed by atoms with E-state index < -0.39 is 0 Å². The van der Waals surface area contributed by atoms with Crippen molar-refractivity contribution in [3.8, 4) is 0 Å². The molecule has 1 heteroatoms. The van der Waals surface area contributed by atoms with Crippen molar-refractivity contribution in [1.29, 1.82) is 0 Å². The van der Waals surface area contributed by atoms with Gasteiger partial charge in [-0.05, 0) is 29.4 Å². The molecule has 0 amide bonds. The first kappa shape index (κ1) is 10.7. The zero-order valence-electron chi connectivity index (χ0n) is 9.92. The normalized spacial score (nSPS) is 20.3. The predicted molar refractivity (Wildman–Crippen MR) is 63.2 cm³/mol. The van der Waals surface area contributed by atoms with E-state index in [9.17, 15) is 0 Å². The van der Waals surface area contributed by atoms with Gasteiger partial charge in [0.1, 0.15) is 0 Å². The quantitative estimate of drug-likeness (QED) is 0.688. The molecule has 0 N–H and O–H groups in total. The van der Waals surface area contributed by atoms with E-state index in [0.29, 0.717) is 6.10 Å². The van der Waals surface area contributed by atoms with E-state index in [1.807, 2.05) is 0 Å². The smallest absolute Gasteiger partial charge is 0.0813 e. The van der Waals surface area contributed by atoms with Crippen LogP contribution >= 0.6 is 0 Å². The van der Waals surface area contributed by atoms with Crippen molar-refractivity contribution >= 4 is 0 Å². The average molecular weight is 204 g/mol. The molecule has 15 heavy (non-hydrogen) atoms. The molecule has 0 bridgehead atoms. The van der Waals surface area contributed by atoms with Gasteiger partial charge in [0.2, 0.25) is 0 Å². The van der Waals surface area contributed by atoms with Gasteiger partial charge in [-0.1, -0.05) is 45.0 Å². The number of benzene rings is 1. The van der Waals surface area contributed by atoms with Gasteiger partial charge in [-0.3, -0.25) is 0 Å². The summed E-state index contributed by atoms with van der Waals surface area (Å²) < 4.78 is 5.21. The van der Waals surface area contributed by atoms with Gasteiger partial charge in [0, 0.05) is 0 Å². The highest BCUT2D eigenvalue weighted by Crippen LogP contribution is 2.23. The number of rotatable bonds is 3. The molecule has 1 fully saturated rings. The standard InChI is InChI=1S/C14H20O/c1-14(2,3)12-7-4-11(5-8-12)6-9-13-10-15-13/h4-5,7-8,13H,6,9-10H2,1-3H3/t13-/m0/s1. The Hall–Kier alpha value is -0.820. The molecule has 1 aliphatic heterocycles. The molecule has 2 rings (SSSR count). The molecule has 1 saturated heterocycles. The van der Waals surface area contributed by atoms with Crippen molar-refractivity contribution < 1.29 is 4.74 Å². The van der Waals surface area contributed by atoms with Gasteiger partial charge in [-0.25, -0.2) is 0 Å². The molecule has 0 radical (unpaired) electrons. The highest BCUT2D eigenvalue weighted by Gasteiger charge is 2.21. The molecule has 1 aromatic carbocycles. The summed E-state index contributed by atoms with van der Waals surface area (Å²) in [6.07, 6.45) is 2.87. The maximum absolute atomic E-state index is 5.21. The highest BCUT2D eigenvalue weighted by molar-refractivity contribution is 5.27. The molecule has 0 aliphatic carbocycles. The van der Waals surface area contributed by atoms with Crippen molar-refractivity contribution in [2.24, 2.45) is 0 Å². The van der Waals surface area contributed by atoms with E-state index >= 15 is 0 Å². The van der Waals surface area contributed by atoms with Gasteiger partial charge in [0.05, 0.1) is 12.7 Å². The molecular formula is C14H20O. The van der Waals surface area contributed by atoms with Gasteiger partial charge in [0.15, 0.2) is 0 Å². The van der Waals surface area contributed by atoms with Crippen LogP contribution in [0.3, 0.4) is 0 Å². The fraction of sp³-hybridized carbons (Fsp3) is 0.571. The summed E-state index contributed by atoms with van der Waals surface area (Å²) in [5.41, 5.74) is 3.10. The van der Waals surface area contributed by atoms with E-state index in [-0.39, 0.29) is 5.41 Å².